The number of carbonyl (C=O) groups excluding carboxylic acids is 1. The summed E-state index contributed by atoms with van der Waals surface area (Å²) in [5, 5.41) is 13.2. The van der Waals surface area contributed by atoms with Crippen LogP contribution in [0.4, 0.5) is 10.7 Å². The van der Waals surface area contributed by atoms with Crippen molar-refractivity contribution in [2.24, 2.45) is 5.92 Å². The van der Waals surface area contributed by atoms with Gasteiger partial charge in [0.2, 0.25) is 0 Å². The molecule has 2 fully saturated rings. The van der Waals surface area contributed by atoms with E-state index >= 15 is 0 Å². The molecular formula is C15H20N4OS. The van der Waals surface area contributed by atoms with Gasteiger partial charge >= 0.3 is 0 Å². The molecule has 0 aromatic carbocycles. The monoisotopic (exact) mass is 304 g/mol. The number of nitrogens with one attached hydrogen (secondary N) is 1. The van der Waals surface area contributed by atoms with Crippen LogP contribution in [0.5, 0.6) is 0 Å². The third-order valence-electron chi connectivity index (χ3n) is 4.10. The van der Waals surface area contributed by atoms with E-state index < -0.39 is 0 Å². The van der Waals surface area contributed by atoms with Gasteiger partial charge in [-0.25, -0.2) is 0 Å². The van der Waals surface area contributed by atoms with Gasteiger partial charge in [-0.3, -0.25) is 4.79 Å². The highest BCUT2D eigenvalue weighted by molar-refractivity contribution is 7.19. The second kappa shape index (κ2) is 5.57. The molecule has 1 aliphatic heterocycles. The van der Waals surface area contributed by atoms with Crippen molar-refractivity contribution in [3.63, 3.8) is 0 Å². The molecule has 1 aromatic rings. The number of nitrogen functional groups attached to an aromatic ring is 1. The van der Waals surface area contributed by atoms with Gasteiger partial charge in [-0.05, 0) is 31.6 Å². The lowest BCUT2D eigenvalue weighted by molar-refractivity contribution is 0.0956. The number of hydrogen-bond donors (Lipinski definition) is 2. The third kappa shape index (κ3) is 2.84. The van der Waals surface area contributed by atoms with Crippen molar-refractivity contribution >= 4 is 27.9 Å². The topological polar surface area (TPSA) is 82.2 Å². The zero-order valence-corrected chi connectivity index (χ0v) is 13.0. The maximum Gasteiger partial charge on any atom is 0.263 e. The Labute approximate surface area is 128 Å². The van der Waals surface area contributed by atoms with E-state index in [2.05, 4.69) is 23.2 Å². The van der Waals surface area contributed by atoms with Crippen LogP contribution in [-0.2, 0) is 0 Å². The van der Waals surface area contributed by atoms with E-state index in [1.54, 1.807) is 0 Å². The quantitative estimate of drug-likeness (QED) is 0.898. The van der Waals surface area contributed by atoms with Crippen molar-refractivity contribution in [2.45, 2.75) is 38.6 Å². The minimum atomic E-state index is -0.132. The van der Waals surface area contributed by atoms with Gasteiger partial charge in [-0.1, -0.05) is 6.92 Å². The average Bonchev–Trinajstić information content (AvgIpc) is 3.20. The number of nitrogens with two attached hydrogens (primary N) is 1. The summed E-state index contributed by atoms with van der Waals surface area (Å²) >= 11 is 1.36. The van der Waals surface area contributed by atoms with Gasteiger partial charge in [0.15, 0.2) is 0 Å². The third-order valence-corrected chi connectivity index (χ3v) is 5.37. The van der Waals surface area contributed by atoms with Crippen LogP contribution < -0.4 is 16.0 Å². The molecule has 6 heteroatoms. The maximum atomic E-state index is 12.2. The summed E-state index contributed by atoms with van der Waals surface area (Å²) in [6, 6.07) is 2.48. The predicted octanol–water partition coefficient (Wildman–Crippen LogP) is 2.33. The van der Waals surface area contributed by atoms with Crippen molar-refractivity contribution in [2.75, 3.05) is 23.7 Å². The van der Waals surface area contributed by atoms with E-state index in [0.717, 1.165) is 37.4 Å². The molecule has 0 bridgehead atoms. The highest BCUT2D eigenvalue weighted by atomic mass is 32.1. The van der Waals surface area contributed by atoms with Crippen LogP contribution in [0.2, 0.25) is 0 Å². The number of hydrogen-bond acceptors (Lipinski definition) is 5. The molecule has 1 aliphatic carbocycles. The number of piperidine rings is 1. The van der Waals surface area contributed by atoms with Gasteiger partial charge in [-0.2, -0.15) is 5.26 Å². The molecule has 112 valence electrons. The van der Waals surface area contributed by atoms with Crippen molar-refractivity contribution in [3.05, 3.63) is 10.4 Å². The number of carbonyl (C=O) groups is 1. The fraction of sp³-hybridized carbons (Fsp3) is 0.600. The highest BCUT2D eigenvalue weighted by Gasteiger charge is 2.29. The SMILES string of the molecule is CC1CCCN(c2sc(C(=O)NC3CC3)c(N)c2C#N)C1. The predicted molar refractivity (Wildman–Crippen MR) is 84.5 cm³/mol. The Morgan fingerprint density at radius 3 is 2.86 bits per heavy atom. The van der Waals surface area contributed by atoms with Crippen LogP contribution in [0, 0.1) is 17.2 Å². The summed E-state index contributed by atoms with van der Waals surface area (Å²) in [4.78, 5) is 14.9. The standard InChI is InChI=1S/C15H20N4OS/c1-9-3-2-6-19(8-9)15-11(7-16)12(17)13(21-15)14(20)18-10-4-5-10/h9-10H,2-6,8,17H2,1H3,(H,18,20). The van der Waals surface area contributed by atoms with Gasteiger partial charge in [0.1, 0.15) is 21.5 Å². The molecule has 1 amide bonds. The number of anilines is 2. The van der Waals surface area contributed by atoms with Crippen molar-refractivity contribution in [1.29, 1.82) is 5.26 Å². The number of thiophene rings is 1. The molecule has 21 heavy (non-hydrogen) atoms. The fourth-order valence-corrected chi connectivity index (χ4v) is 3.89. The van der Waals surface area contributed by atoms with Crippen molar-refractivity contribution in [3.8, 4) is 6.07 Å². The zero-order valence-electron chi connectivity index (χ0n) is 12.2. The lowest BCUT2D eigenvalue weighted by Crippen LogP contribution is -2.34. The van der Waals surface area contributed by atoms with Crippen LogP contribution in [0.3, 0.4) is 0 Å². The van der Waals surface area contributed by atoms with Gasteiger partial charge in [0, 0.05) is 19.1 Å². The Morgan fingerprint density at radius 1 is 1.48 bits per heavy atom. The fourth-order valence-electron chi connectivity index (χ4n) is 2.78. The molecule has 1 saturated heterocycles. The van der Waals surface area contributed by atoms with Crippen LogP contribution in [-0.4, -0.2) is 25.0 Å². The van der Waals surface area contributed by atoms with Crippen LogP contribution >= 0.6 is 11.3 Å². The van der Waals surface area contributed by atoms with Gasteiger partial charge in [0.25, 0.3) is 5.91 Å². The molecule has 3 rings (SSSR count). The molecule has 0 radical (unpaired) electrons. The second-order valence-corrected chi connectivity index (χ2v) is 7.08. The first-order valence-corrected chi connectivity index (χ1v) is 8.30. The molecule has 0 spiro atoms. The van der Waals surface area contributed by atoms with Gasteiger partial charge < -0.3 is 16.0 Å². The number of nitriles is 1. The first kappa shape index (κ1) is 14.2. The summed E-state index contributed by atoms with van der Waals surface area (Å²) < 4.78 is 0. The lowest BCUT2D eigenvalue weighted by atomic mass is 10.0. The van der Waals surface area contributed by atoms with Crippen LogP contribution in [0.15, 0.2) is 0 Å². The largest absolute Gasteiger partial charge is 0.396 e. The lowest BCUT2D eigenvalue weighted by Gasteiger charge is -2.31. The first-order valence-electron chi connectivity index (χ1n) is 7.48. The zero-order chi connectivity index (χ0) is 15.0. The molecule has 1 saturated carbocycles. The van der Waals surface area contributed by atoms with Crippen molar-refractivity contribution < 1.29 is 4.79 Å². The van der Waals surface area contributed by atoms with E-state index in [9.17, 15) is 10.1 Å². The number of nitrogens with zero attached hydrogens (tertiary/aromatic N) is 2. The minimum absolute atomic E-state index is 0.132. The Kier molecular flexibility index (Phi) is 3.77. The second-order valence-electron chi connectivity index (χ2n) is 6.08. The van der Waals surface area contributed by atoms with Crippen LogP contribution in [0.1, 0.15) is 47.8 Å². The molecule has 1 aromatic heterocycles. The molecule has 3 N–H and O–H groups in total. The molecule has 1 atom stereocenters. The Hall–Kier alpha value is -1.74. The summed E-state index contributed by atoms with van der Waals surface area (Å²) in [6.45, 7) is 4.08. The first-order chi connectivity index (χ1) is 10.1. The Morgan fingerprint density at radius 2 is 2.24 bits per heavy atom. The summed E-state index contributed by atoms with van der Waals surface area (Å²) in [5.41, 5.74) is 6.86. The molecule has 2 heterocycles. The minimum Gasteiger partial charge on any atom is -0.396 e. The van der Waals surface area contributed by atoms with Crippen LogP contribution in [0.25, 0.3) is 0 Å². The van der Waals surface area contributed by atoms with E-state index in [-0.39, 0.29) is 5.91 Å². The van der Waals surface area contributed by atoms with Gasteiger partial charge in [-0.15, -0.1) is 11.3 Å². The summed E-state index contributed by atoms with van der Waals surface area (Å²) in [5.74, 6) is 0.477. The normalized spacial score (nSPS) is 21.9. The maximum absolute atomic E-state index is 12.2. The number of amides is 1. The number of rotatable bonds is 3. The average molecular weight is 304 g/mol. The molecule has 1 unspecified atom stereocenters. The molecule has 2 aliphatic rings. The van der Waals surface area contributed by atoms with E-state index in [1.807, 2.05) is 0 Å². The van der Waals surface area contributed by atoms with E-state index in [4.69, 9.17) is 5.73 Å². The van der Waals surface area contributed by atoms with Gasteiger partial charge in [0.05, 0.1) is 5.69 Å². The Balaban J connectivity index is 1.89. The van der Waals surface area contributed by atoms with E-state index in [1.165, 1.54) is 17.8 Å². The highest BCUT2D eigenvalue weighted by Crippen LogP contribution is 2.39. The summed E-state index contributed by atoms with van der Waals surface area (Å²) in [6.07, 6.45) is 4.42. The van der Waals surface area contributed by atoms with E-state index in [0.29, 0.717) is 28.1 Å². The molecule has 5 nitrogen and oxygen atoms in total. The smallest absolute Gasteiger partial charge is 0.263 e. The summed E-state index contributed by atoms with van der Waals surface area (Å²) in [7, 11) is 0. The molecular weight excluding hydrogens is 284 g/mol. The van der Waals surface area contributed by atoms with Crippen molar-refractivity contribution in [1.82, 2.24) is 5.32 Å². The Bertz CT molecular complexity index is 600.